The Morgan fingerprint density at radius 2 is 1.77 bits per heavy atom. The maximum Gasteiger partial charge on any atom is 0.244 e. The Kier molecular flexibility index (Phi) is 8.22. The zero-order valence-electron chi connectivity index (χ0n) is 20.1. The van der Waals surface area contributed by atoms with E-state index in [1.807, 2.05) is 80.6 Å². The molecule has 180 valence electrons. The predicted octanol–water partition coefficient (Wildman–Crippen LogP) is 6.15. The minimum absolute atomic E-state index is 0.113. The maximum atomic E-state index is 12.2. The largest absolute Gasteiger partial charge is 0.494 e. The van der Waals surface area contributed by atoms with Crippen molar-refractivity contribution in [1.82, 2.24) is 14.9 Å². The van der Waals surface area contributed by atoms with Gasteiger partial charge in [-0.25, -0.2) is 4.98 Å². The summed E-state index contributed by atoms with van der Waals surface area (Å²) in [6.45, 7) is 5.86. The highest BCUT2D eigenvalue weighted by atomic mass is 35.5. The van der Waals surface area contributed by atoms with Crippen molar-refractivity contribution in [1.29, 1.82) is 0 Å². The van der Waals surface area contributed by atoms with Crippen LogP contribution in [0.15, 0.2) is 72.8 Å². The number of aromatic nitrogens is 2. The van der Waals surface area contributed by atoms with Gasteiger partial charge in [-0.05, 0) is 67.3 Å². The van der Waals surface area contributed by atoms with Crippen LogP contribution >= 0.6 is 11.6 Å². The third-order valence-corrected chi connectivity index (χ3v) is 6.41. The molecule has 0 saturated heterocycles. The second-order valence-corrected chi connectivity index (χ2v) is 8.90. The number of hydrogen-bond donors (Lipinski definition) is 1. The van der Waals surface area contributed by atoms with E-state index in [0.717, 1.165) is 57.3 Å². The number of halogens is 1. The van der Waals surface area contributed by atoms with Crippen molar-refractivity contribution in [3.05, 3.63) is 100 Å². The highest BCUT2D eigenvalue weighted by Gasteiger charge is 2.11. The number of aryl methyl sites for hydroxylation is 3. The zero-order chi connectivity index (χ0) is 24.6. The lowest BCUT2D eigenvalue weighted by molar-refractivity contribution is -0.116. The molecule has 0 atom stereocenters. The molecule has 35 heavy (non-hydrogen) atoms. The molecule has 0 fully saturated rings. The number of fused-ring (bicyclic) bond motifs is 1. The highest BCUT2D eigenvalue weighted by Crippen LogP contribution is 2.26. The van der Waals surface area contributed by atoms with Crippen LogP contribution in [0.25, 0.3) is 17.1 Å². The number of rotatable bonds is 10. The van der Waals surface area contributed by atoms with E-state index >= 15 is 0 Å². The first-order valence-electron chi connectivity index (χ1n) is 11.9. The summed E-state index contributed by atoms with van der Waals surface area (Å²) in [6, 6.07) is 21.8. The topological polar surface area (TPSA) is 56.1 Å². The summed E-state index contributed by atoms with van der Waals surface area (Å²) in [6.07, 6.45) is 4.86. The number of carbonyl (C=O) groups is 1. The van der Waals surface area contributed by atoms with Crippen LogP contribution in [0.1, 0.15) is 28.9 Å². The molecule has 4 rings (SSSR count). The van der Waals surface area contributed by atoms with Gasteiger partial charge in [-0.3, -0.25) is 4.79 Å². The monoisotopic (exact) mass is 487 g/mol. The minimum atomic E-state index is -0.113. The first-order chi connectivity index (χ1) is 17.0. The van der Waals surface area contributed by atoms with Crippen molar-refractivity contribution in [2.75, 3.05) is 13.2 Å². The Balaban J connectivity index is 1.34. The molecule has 0 unspecified atom stereocenters. The molecule has 0 aliphatic heterocycles. The van der Waals surface area contributed by atoms with E-state index in [1.165, 1.54) is 0 Å². The lowest BCUT2D eigenvalue weighted by Crippen LogP contribution is -2.24. The van der Waals surface area contributed by atoms with Crippen molar-refractivity contribution < 1.29 is 9.53 Å². The summed E-state index contributed by atoms with van der Waals surface area (Å²) in [5.74, 6) is 1.68. The fourth-order valence-corrected chi connectivity index (χ4v) is 4.17. The van der Waals surface area contributed by atoms with Crippen molar-refractivity contribution in [2.45, 2.75) is 33.2 Å². The van der Waals surface area contributed by atoms with Crippen molar-refractivity contribution in [3.8, 4) is 5.75 Å². The molecule has 0 radical (unpaired) electrons. The van der Waals surface area contributed by atoms with E-state index in [9.17, 15) is 4.79 Å². The Bertz CT molecular complexity index is 1310. The number of nitrogens with zero attached hydrogens (tertiary/aromatic N) is 2. The van der Waals surface area contributed by atoms with Gasteiger partial charge in [0.05, 0.1) is 17.6 Å². The van der Waals surface area contributed by atoms with E-state index in [1.54, 1.807) is 6.08 Å². The number of amides is 1. The SMILES string of the molecule is Cc1cc(OCCCn2c(CCNC(=O)/C=C/c3ccccc3)nc3ccccc32)cc(C)c1Cl. The summed E-state index contributed by atoms with van der Waals surface area (Å²) in [5, 5.41) is 3.75. The Morgan fingerprint density at radius 1 is 1.06 bits per heavy atom. The summed E-state index contributed by atoms with van der Waals surface area (Å²) in [7, 11) is 0. The normalized spacial score (nSPS) is 11.3. The molecule has 1 amide bonds. The Labute approximate surface area is 211 Å². The van der Waals surface area contributed by atoms with Gasteiger partial charge in [0.15, 0.2) is 0 Å². The zero-order valence-corrected chi connectivity index (χ0v) is 20.9. The van der Waals surface area contributed by atoms with E-state index < -0.39 is 0 Å². The average Bonchev–Trinajstić information content (AvgIpc) is 3.21. The summed E-state index contributed by atoms with van der Waals surface area (Å²) in [5.41, 5.74) is 5.09. The van der Waals surface area contributed by atoms with Crippen LogP contribution < -0.4 is 10.1 Å². The van der Waals surface area contributed by atoms with Crippen molar-refractivity contribution in [2.24, 2.45) is 0 Å². The number of imidazole rings is 1. The van der Waals surface area contributed by atoms with Gasteiger partial charge < -0.3 is 14.6 Å². The highest BCUT2D eigenvalue weighted by molar-refractivity contribution is 6.32. The van der Waals surface area contributed by atoms with Crippen LogP contribution in [-0.4, -0.2) is 28.6 Å². The molecule has 5 nitrogen and oxygen atoms in total. The Hall–Kier alpha value is -3.57. The number of nitrogens with one attached hydrogen (secondary N) is 1. The van der Waals surface area contributed by atoms with Crippen molar-refractivity contribution >= 4 is 34.6 Å². The quantitative estimate of drug-likeness (QED) is 0.216. The molecular weight excluding hydrogens is 458 g/mol. The molecule has 1 aromatic heterocycles. The number of hydrogen-bond acceptors (Lipinski definition) is 3. The molecular formula is C29H30ClN3O2. The summed E-state index contributed by atoms with van der Waals surface area (Å²) in [4.78, 5) is 17.0. The molecule has 1 N–H and O–H groups in total. The molecule has 4 aromatic rings. The van der Waals surface area contributed by atoms with E-state index in [-0.39, 0.29) is 5.91 Å². The summed E-state index contributed by atoms with van der Waals surface area (Å²) < 4.78 is 8.22. The molecule has 0 bridgehead atoms. The third-order valence-electron chi connectivity index (χ3n) is 5.81. The van der Waals surface area contributed by atoms with E-state index in [4.69, 9.17) is 21.3 Å². The minimum Gasteiger partial charge on any atom is -0.494 e. The predicted molar refractivity (Wildman–Crippen MR) is 143 cm³/mol. The summed E-state index contributed by atoms with van der Waals surface area (Å²) >= 11 is 6.26. The number of benzene rings is 3. The average molecular weight is 488 g/mol. The standard InChI is InChI=1S/C29H30ClN3O2/c1-21-19-24(20-22(2)29(21)30)35-18-8-17-33-26-12-7-6-11-25(26)32-27(33)15-16-31-28(34)14-13-23-9-4-3-5-10-23/h3-7,9-14,19-20H,8,15-18H2,1-2H3,(H,31,34)/b14-13+. The second kappa shape index (κ2) is 11.7. The molecule has 0 saturated carbocycles. The van der Waals surface area contributed by atoms with Crippen LogP contribution in [0.2, 0.25) is 5.02 Å². The fraction of sp³-hybridized carbons (Fsp3) is 0.241. The Morgan fingerprint density at radius 3 is 2.54 bits per heavy atom. The van der Waals surface area contributed by atoms with Gasteiger partial charge in [-0.15, -0.1) is 0 Å². The van der Waals surface area contributed by atoms with Gasteiger partial charge in [0, 0.05) is 30.6 Å². The van der Waals surface area contributed by atoms with Gasteiger partial charge in [0.25, 0.3) is 0 Å². The lowest BCUT2D eigenvalue weighted by atomic mass is 10.1. The molecule has 1 heterocycles. The van der Waals surface area contributed by atoms with Gasteiger partial charge in [-0.2, -0.15) is 0 Å². The van der Waals surface area contributed by atoms with Crippen LogP contribution in [0.4, 0.5) is 0 Å². The molecule has 0 aliphatic carbocycles. The van der Waals surface area contributed by atoms with Crippen LogP contribution in [0.3, 0.4) is 0 Å². The van der Waals surface area contributed by atoms with Crippen LogP contribution in [0.5, 0.6) is 5.75 Å². The molecule has 0 aliphatic rings. The van der Waals surface area contributed by atoms with Crippen LogP contribution in [0, 0.1) is 13.8 Å². The van der Waals surface area contributed by atoms with Crippen molar-refractivity contribution in [3.63, 3.8) is 0 Å². The lowest BCUT2D eigenvalue weighted by Gasteiger charge is -2.12. The van der Waals surface area contributed by atoms with Gasteiger partial charge in [0.1, 0.15) is 11.6 Å². The molecule has 3 aromatic carbocycles. The number of ether oxygens (including phenoxy) is 1. The van der Waals surface area contributed by atoms with E-state index in [0.29, 0.717) is 19.6 Å². The first kappa shape index (κ1) is 24.6. The van der Waals surface area contributed by atoms with Gasteiger partial charge in [0.2, 0.25) is 5.91 Å². The maximum absolute atomic E-state index is 12.2. The van der Waals surface area contributed by atoms with Gasteiger partial charge >= 0.3 is 0 Å². The smallest absolute Gasteiger partial charge is 0.244 e. The first-order valence-corrected chi connectivity index (χ1v) is 12.2. The molecule has 6 heteroatoms. The van der Waals surface area contributed by atoms with Gasteiger partial charge in [-0.1, -0.05) is 54.1 Å². The van der Waals surface area contributed by atoms with Crippen LogP contribution in [-0.2, 0) is 17.8 Å². The number of para-hydroxylation sites is 2. The van der Waals surface area contributed by atoms with E-state index in [2.05, 4.69) is 16.0 Å². The number of carbonyl (C=O) groups excluding carboxylic acids is 1. The fourth-order valence-electron chi connectivity index (χ4n) is 4.06. The molecule has 0 spiro atoms. The third kappa shape index (κ3) is 6.52. The second-order valence-electron chi connectivity index (χ2n) is 8.53.